The van der Waals surface area contributed by atoms with Gasteiger partial charge in [0.25, 0.3) is 0 Å². The first-order chi connectivity index (χ1) is 43.3. The molecule has 9 heteroatoms. The number of hydrogen-bond donors (Lipinski definition) is 6. The molecule has 0 saturated carbocycles. The molecule has 518 valence electrons. The Hall–Kier alpha value is -1.85. The molecule has 6 N–H and O–H groups in total. The van der Waals surface area contributed by atoms with Crippen molar-refractivity contribution < 1.29 is 39.8 Å². The van der Waals surface area contributed by atoms with Crippen LogP contribution in [0, 0.1) is 0 Å². The molecular formula is C79H149NO8. The Labute approximate surface area is 545 Å². The van der Waals surface area contributed by atoms with Crippen LogP contribution in [-0.4, -0.2) is 87.5 Å². The molecule has 0 radical (unpaired) electrons. The van der Waals surface area contributed by atoms with Crippen molar-refractivity contribution in [2.75, 3.05) is 13.2 Å². The van der Waals surface area contributed by atoms with E-state index in [2.05, 4.69) is 55.6 Å². The predicted octanol–water partition coefficient (Wildman–Crippen LogP) is 21.9. The van der Waals surface area contributed by atoms with Crippen molar-refractivity contribution in [1.82, 2.24) is 5.32 Å². The van der Waals surface area contributed by atoms with Crippen LogP contribution in [0.15, 0.2) is 48.6 Å². The SMILES string of the molecule is CCCCCCC/C=C\C/C=C\CCCCCCCCCCCCCCCCCCCCCCCCCC(=O)NC(COC1OC(CO)C(O)C(O)C1O)C(O)/C=C/CC/C=C/CCCCCCCCCCCCCCCCCCCCCCCCCC. The van der Waals surface area contributed by atoms with E-state index >= 15 is 0 Å². The van der Waals surface area contributed by atoms with Crippen LogP contribution in [-0.2, 0) is 14.3 Å². The molecule has 88 heavy (non-hydrogen) atoms. The van der Waals surface area contributed by atoms with E-state index in [1.807, 2.05) is 6.08 Å². The Bertz CT molecular complexity index is 1530. The zero-order chi connectivity index (χ0) is 63.5. The number of amides is 1. The van der Waals surface area contributed by atoms with Gasteiger partial charge in [-0.1, -0.05) is 371 Å². The van der Waals surface area contributed by atoms with E-state index in [9.17, 15) is 30.3 Å². The lowest BCUT2D eigenvalue weighted by atomic mass is 9.99. The number of aliphatic hydroxyl groups excluding tert-OH is 5. The first kappa shape index (κ1) is 84.2. The van der Waals surface area contributed by atoms with Gasteiger partial charge >= 0.3 is 0 Å². The fraction of sp³-hybridized carbons (Fsp3) is 0.886. The van der Waals surface area contributed by atoms with Crippen LogP contribution in [0.3, 0.4) is 0 Å². The summed E-state index contributed by atoms with van der Waals surface area (Å²) < 4.78 is 11.3. The third-order valence-corrected chi connectivity index (χ3v) is 18.6. The maximum absolute atomic E-state index is 13.2. The lowest BCUT2D eigenvalue weighted by molar-refractivity contribution is -0.302. The second-order valence-corrected chi connectivity index (χ2v) is 27.1. The summed E-state index contributed by atoms with van der Waals surface area (Å²) in [5.74, 6) is -0.179. The molecule has 9 nitrogen and oxygen atoms in total. The van der Waals surface area contributed by atoms with Gasteiger partial charge in [0, 0.05) is 6.42 Å². The Morgan fingerprint density at radius 1 is 0.386 bits per heavy atom. The van der Waals surface area contributed by atoms with Gasteiger partial charge in [0.05, 0.1) is 25.4 Å². The first-order valence-electron chi connectivity index (χ1n) is 38.9. The second kappa shape index (κ2) is 68.0. The zero-order valence-electron chi connectivity index (χ0n) is 58.3. The van der Waals surface area contributed by atoms with Crippen molar-refractivity contribution in [3.63, 3.8) is 0 Å². The minimum absolute atomic E-state index is 0.179. The predicted molar refractivity (Wildman–Crippen MR) is 378 cm³/mol. The summed E-state index contributed by atoms with van der Waals surface area (Å²) in [6.45, 7) is 3.81. The summed E-state index contributed by atoms with van der Waals surface area (Å²) in [6, 6.07) is -0.823. The maximum atomic E-state index is 13.2. The normalized spacial score (nSPS) is 18.1. The van der Waals surface area contributed by atoms with E-state index in [1.165, 1.54) is 327 Å². The van der Waals surface area contributed by atoms with Gasteiger partial charge in [0.1, 0.15) is 24.4 Å². The topological polar surface area (TPSA) is 149 Å². The number of nitrogens with one attached hydrogen (secondary N) is 1. The lowest BCUT2D eigenvalue weighted by Gasteiger charge is -2.40. The fourth-order valence-corrected chi connectivity index (χ4v) is 12.6. The zero-order valence-corrected chi connectivity index (χ0v) is 58.3. The number of allylic oxidation sites excluding steroid dienone is 7. The monoisotopic (exact) mass is 1240 g/mol. The van der Waals surface area contributed by atoms with E-state index in [4.69, 9.17) is 9.47 Å². The number of unbranched alkanes of at least 4 members (excludes halogenated alkanes) is 53. The number of carbonyl (C=O) groups excluding carboxylic acids is 1. The third-order valence-electron chi connectivity index (χ3n) is 18.6. The highest BCUT2D eigenvalue weighted by molar-refractivity contribution is 5.76. The summed E-state index contributed by atoms with van der Waals surface area (Å²) in [6.07, 6.45) is 86.9. The minimum atomic E-state index is -1.57. The van der Waals surface area contributed by atoms with Crippen LogP contribution in [0.1, 0.15) is 393 Å². The van der Waals surface area contributed by atoms with E-state index in [-0.39, 0.29) is 12.5 Å². The van der Waals surface area contributed by atoms with E-state index in [0.717, 1.165) is 44.9 Å². The highest BCUT2D eigenvalue weighted by Crippen LogP contribution is 2.24. The Morgan fingerprint density at radius 3 is 1.02 bits per heavy atom. The third kappa shape index (κ3) is 55.8. The molecule has 1 heterocycles. The quantitative estimate of drug-likeness (QED) is 0.0261. The molecule has 0 bridgehead atoms. The van der Waals surface area contributed by atoms with Crippen molar-refractivity contribution in [2.45, 2.75) is 436 Å². The number of rotatable bonds is 69. The molecule has 0 aromatic heterocycles. The van der Waals surface area contributed by atoms with Crippen LogP contribution < -0.4 is 5.32 Å². The van der Waals surface area contributed by atoms with Crippen LogP contribution in [0.5, 0.6) is 0 Å². The molecule has 0 aliphatic carbocycles. The Morgan fingerprint density at radius 2 is 0.682 bits per heavy atom. The molecule has 7 unspecified atom stereocenters. The molecule has 7 atom stereocenters. The van der Waals surface area contributed by atoms with Crippen LogP contribution >= 0.6 is 0 Å². The number of aliphatic hydroxyl groups is 5. The van der Waals surface area contributed by atoms with Crippen molar-refractivity contribution in [2.24, 2.45) is 0 Å². The average molecular weight is 1240 g/mol. The van der Waals surface area contributed by atoms with Gasteiger partial charge in [0.15, 0.2) is 6.29 Å². The van der Waals surface area contributed by atoms with Gasteiger partial charge in [-0.3, -0.25) is 4.79 Å². The number of hydrogen-bond acceptors (Lipinski definition) is 8. The van der Waals surface area contributed by atoms with Crippen LogP contribution in [0.4, 0.5) is 0 Å². The average Bonchev–Trinajstić information content (AvgIpc) is 3.65. The van der Waals surface area contributed by atoms with Gasteiger partial charge in [0.2, 0.25) is 5.91 Å². The van der Waals surface area contributed by atoms with Gasteiger partial charge in [-0.05, 0) is 64.2 Å². The molecule has 0 aromatic carbocycles. The molecular weight excluding hydrogens is 1090 g/mol. The minimum Gasteiger partial charge on any atom is -0.394 e. The molecule has 1 aliphatic rings. The van der Waals surface area contributed by atoms with Crippen molar-refractivity contribution in [3.05, 3.63) is 48.6 Å². The van der Waals surface area contributed by atoms with Crippen molar-refractivity contribution in [3.8, 4) is 0 Å². The standard InChI is InChI=1S/C79H149NO8/c1-3-5-7-9-11-13-15-17-19-21-23-25-27-29-31-33-35-36-37-38-39-41-43-45-47-49-51-53-55-57-59-61-63-65-67-69-75(83)80-72(71-87-79-78(86)77(85)76(84)74(70-81)88-79)73(82)68-66-64-62-60-58-56-54-52-50-48-46-44-42-40-34-32-30-28-26-24-22-20-18-16-14-12-10-8-6-4-2/h15,17,21,23,58,60,66,68,72-74,76-79,81-82,84-86H,3-14,16,18-20,22,24-57,59,61-65,67,69-71H2,1-2H3,(H,80,83)/b17-15-,23-21-,60-58+,68-66+. The molecule has 1 rings (SSSR count). The van der Waals surface area contributed by atoms with Crippen molar-refractivity contribution in [1.29, 1.82) is 0 Å². The summed E-state index contributed by atoms with van der Waals surface area (Å²) >= 11 is 0. The second-order valence-electron chi connectivity index (χ2n) is 27.1. The summed E-state index contributed by atoms with van der Waals surface area (Å²) in [5, 5.41) is 54.8. The molecule has 0 spiro atoms. The number of carbonyl (C=O) groups is 1. The van der Waals surface area contributed by atoms with Crippen molar-refractivity contribution >= 4 is 5.91 Å². The molecule has 1 aliphatic heterocycles. The van der Waals surface area contributed by atoms with Crippen LogP contribution in [0.25, 0.3) is 0 Å². The fourth-order valence-electron chi connectivity index (χ4n) is 12.6. The van der Waals surface area contributed by atoms with Gasteiger partial charge < -0.3 is 40.3 Å². The highest BCUT2D eigenvalue weighted by atomic mass is 16.7. The highest BCUT2D eigenvalue weighted by Gasteiger charge is 2.44. The van der Waals surface area contributed by atoms with E-state index < -0.39 is 49.5 Å². The van der Waals surface area contributed by atoms with Gasteiger partial charge in [-0.15, -0.1) is 0 Å². The van der Waals surface area contributed by atoms with E-state index in [1.54, 1.807) is 6.08 Å². The lowest BCUT2D eigenvalue weighted by Crippen LogP contribution is -2.60. The summed E-state index contributed by atoms with van der Waals surface area (Å²) in [4.78, 5) is 13.2. The molecule has 1 saturated heterocycles. The molecule has 1 amide bonds. The Balaban J connectivity index is 2.09. The smallest absolute Gasteiger partial charge is 0.220 e. The summed E-state index contributed by atoms with van der Waals surface area (Å²) in [7, 11) is 0. The van der Waals surface area contributed by atoms with E-state index in [0.29, 0.717) is 6.42 Å². The maximum Gasteiger partial charge on any atom is 0.220 e. The number of ether oxygens (including phenoxy) is 2. The molecule has 1 fully saturated rings. The van der Waals surface area contributed by atoms with Crippen LogP contribution in [0.2, 0.25) is 0 Å². The Kier molecular flexibility index (Phi) is 65.1. The molecule has 0 aromatic rings. The van der Waals surface area contributed by atoms with Gasteiger partial charge in [-0.2, -0.15) is 0 Å². The first-order valence-corrected chi connectivity index (χ1v) is 38.9. The summed E-state index contributed by atoms with van der Waals surface area (Å²) in [5.41, 5.74) is 0. The largest absolute Gasteiger partial charge is 0.394 e. The van der Waals surface area contributed by atoms with Gasteiger partial charge in [-0.25, -0.2) is 0 Å².